The number of aliphatic hydroxyl groups is 1. The first-order valence-electron chi connectivity index (χ1n) is 7.65. The summed E-state index contributed by atoms with van der Waals surface area (Å²) in [4.78, 5) is 0. The minimum atomic E-state index is 0.00923. The van der Waals surface area contributed by atoms with E-state index < -0.39 is 0 Å². The second kappa shape index (κ2) is 2.92. The number of hydrogen-bond donors (Lipinski definition) is 1. The van der Waals surface area contributed by atoms with Crippen LogP contribution in [0.5, 0.6) is 0 Å². The molecule has 2 heteroatoms. The van der Waals surface area contributed by atoms with Gasteiger partial charge in [0.1, 0.15) is 0 Å². The van der Waals surface area contributed by atoms with Crippen LogP contribution in [0.4, 0.5) is 0 Å². The third kappa shape index (κ3) is 0.787. The first-order valence-corrected chi connectivity index (χ1v) is 8.90. The van der Waals surface area contributed by atoms with E-state index in [9.17, 15) is 5.11 Å². The molecule has 0 saturated heterocycles. The van der Waals surface area contributed by atoms with E-state index in [0.717, 1.165) is 33.5 Å². The minimum Gasteiger partial charge on any atom is -0.392 e. The van der Waals surface area contributed by atoms with Crippen molar-refractivity contribution in [1.29, 1.82) is 0 Å². The van der Waals surface area contributed by atoms with Gasteiger partial charge in [0.2, 0.25) is 0 Å². The van der Waals surface area contributed by atoms with Gasteiger partial charge in [0, 0.05) is 9.34 Å². The topological polar surface area (TPSA) is 20.2 Å². The lowest BCUT2D eigenvalue weighted by Gasteiger charge is -2.43. The molecule has 6 aliphatic carbocycles. The van der Waals surface area contributed by atoms with Gasteiger partial charge in [0.05, 0.1) is 6.10 Å². The Labute approximate surface area is 126 Å². The smallest absolute Gasteiger partial charge is 0.0614 e. The fraction of sp³-hybridized carbons (Fsp3) is 0.647. The average molecular weight is 364 g/mol. The molecular weight excluding hydrogens is 347 g/mol. The zero-order valence-electron chi connectivity index (χ0n) is 10.6. The molecule has 0 amide bonds. The molecule has 1 aromatic carbocycles. The summed E-state index contributed by atoms with van der Waals surface area (Å²) in [5, 5.41) is 10.8. The van der Waals surface area contributed by atoms with E-state index in [1.165, 1.54) is 6.42 Å². The summed E-state index contributed by atoms with van der Waals surface area (Å²) in [5.74, 6) is 5.65. The Bertz CT molecular complexity index is 582. The molecule has 6 aliphatic rings. The van der Waals surface area contributed by atoms with Crippen molar-refractivity contribution >= 4 is 22.6 Å². The van der Waals surface area contributed by atoms with Crippen LogP contribution in [0.2, 0.25) is 0 Å². The lowest BCUT2D eigenvalue weighted by Crippen LogP contribution is -2.43. The fourth-order valence-corrected chi connectivity index (χ4v) is 10.1. The van der Waals surface area contributed by atoms with Gasteiger partial charge in [-0.05, 0) is 53.4 Å². The molecule has 0 unspecified atom stereocenters. The molecule has 19 heavy (non-hydrogen) atoms. The van der Waals surface area contributed by atoms with Crippen LogP contribution in [-0.4, -0.2) is 15.1 Å². The van der Waals surface area contributed by atoms with Gasteiger partial charge in [0.15, 0.2) is 0 Å². The molecule has 98 valence electrons. The van der Waals surface area contributed by atoms with E-state index in [-0.39, 0.29) is 6.10 Å². The lowest BCUT2D eigenvalue weighted by atomic mass is 9.61. The van der Waals surface area contributed by atoms with Crippen LogP contribution in [0.3, 0.4) is 0 Å². The van der Waals surface area contributed by atoms with E-state index in [0.29, 0.717) is 17.3 Å². The average Bonchev–Trinajstić information content (AvgIpc) is 3.15. The second-order valence-electron chi connectivity index (χ2n) is 7.54. The Hall–Kier alpha value is -0.0900. The zero-order chi connectivity index (χ0) is 12.5. The maximum Gasteiger partial charge on any atom is 0.0614 e. The monoisotopic (exact) mass is 364 g/mol. The van der Waals surface area contributed by atoms with Gasteiger partial charge in [0.25, 0.3) is 0 Å². The first-order chi connectivity index (χ1) is 9.28. The highest BCUT2D eigenvalue weighted by molar-refractivity contribution is 14.1. The van der Waals surface area contributed by atoms with Crippen molar-refractivity contribution in [3.05, 3.63) is 35.9 Å². The molecule has 6 bridgehead atoms. The maximum absolute atomic E-state index is 10.8. The van der Waals surface area contributed by atoms with Crippen molar-refractivity contribution in [2.24, 2.45) is 41.4 Å². The standard InChI is InChI=1S/C17H17IO/c18-16-11-9-6-8-10(11)14-15(19)12(8)13(9)17(14,16)7-4-2-1-3-5-7/h1-5,8-16,19H,6H2/t8-,9-,10+,11-,12-,13+,14+,15+,16-,17-/m0/s1. The van der Waals surface area contributed by atoms with Crippen molar-refractivity contribution in [3.8, 4) is 0 Å². The maximum atomic E-state index is 10.8. The zero-order valence-corrected chi connectivity index (χ0v) is 12.8. The molecule has 1 N–H and O–H groups in total. The van der Waals surface area contributed by atoms with E-state index >= 15 is 0 Å². The highest BCUT2D eigenvalue weighted by atomic mass is 127. The third-order valence-corrected chi connectivity index (χ3v) is 9.56. The van der Waals surface area contributed by atoms with Gasteiger partial charge >= 0.3 is 0 Å². The number of benzene rings is 1. The number of hydrogen-bond acceptors (Lipinski definition) is 1. The van der Waals surface area contributed by atoms with Gasteiger partial charge in [-0.2, -0.15) is 0 Å². The summed E-state index contributed by atoms with van der Waals surface area (Å²) >= 11 is 2.76. The largest absolute Gasteiger partial charge is 0.392 e. The van der Waals surface area contributed by atoms with Gasteiger partial charge in [-0.25, -0.2) is 0 Å². The molecule has 0 aromatic heterocycles. The Morgan fingerprint density at radius 2 is 1.79 bits per heavy atom. The summed E-state index contributed by atoms with van der Waals surface area (Å²) in [5.41, 5.74) is 1.88. The Balaban J connectivity index is 1.68. The Morgan fingerprint density at radius 1 is 1.00 bits per heavy atom. The molecule has 1 aromatic rings. The summed E-state index contributed by atoms with van der Waals surface area (Å²) in [7, 11) is 0. The third-order valence-electron chi connectivity index (χ3n) is 7.70. The molecule has 0 radical (unpaired) electrons. The van der Waals surface area contributed by atoms with Gasteiger partial charge in [-0.1, -0.05) is 52.9 Å². The molecule has 0 spiro atoms. The van der Waals surface area contributed by atoms with Crippen LogP contribution in [0.25, 0.3) is 0 Å². The normalized spacial score (nSPS) is 65.9. The molecular formula is C17H17IO. The summed E-state index contributed by atoms with van der Waals surface area (Å²) in [6.07, 6.45) is 1.45. The number of rotatable bonds is 1. The molecule has 10 atom stereocenters. The van der Waals surface area contributed by atoms with Crippen LogP contribution in [0, 0.1) is 41.4 Å². The van der Waals surface area contributed by atoms with Crippen LogP contribution in [0.1, 0.15) is 12.0 Å². The van der Waals surface area contributed by atoms with E-state index in [4.69, 9.17) is 0 Å². The van der Waals surface area contributed by atoms with Crippen molar-refractivity contribution in [1.82, 2.24) is 0 Å². The summed E-state index contributed by atoms with van der Waals surface area (Å²) in [6.45, 7) is 0. The predicted octanol–water partition coefficient (Wildman–Crippen LogP) is 2.86. The van der Waals surface area contributed by atoms with Crippen molar-refractivity contribution in [3.63, 3.8) is 0 Å². The molecule has 6 fully saturated rings. The van der Waals surface area contributed by atoms with Crippen molar-refractivity contribution < 1.29 is 5.11 Å². The highest BCUT2D eigenvalue weighted by Gasteiger charge is 2.88. The van der Waals surface area contributed by atoms with Crippen LogP contribution in [0.15, 0.2) is 30.3 Å². The molecule has 0 aliphatic heterocycles. The fourth-order valence-electron chi connectivity index (χ4n) is 7.85. The highest BCUT2D eigenvalue weighted by Crippen LogP contribution is 2.88. The van der Waals surface area contributed by atoms with Crippen LogP contribution in [-0.2, 0) is 5.41 Å². The predicted molar refractivity (Wildman–Crippen MR) is 81.0 cm³/mol. The number of alkyl halides is 1. The molecule has 7 rings (SSSR count). The SMILES string of the molecule is O[C@@H]1[C@H]2[C@H]3C[C@H]4[C@H]5[C@@H]3[C@H]1[C@](c1ccccc1)([C@H]42)[C@H]5I. The van der Waals surface area contributed by atoms with Gasteiger partial charge < -0.3 is 5.11 Å². The van der Waals surface area contributed by atoms with Crippen LogP contribution < -0.4 is 0 Å². The summed E-state index contributed by atoms with van der Waals surface area (Å²) < 4.78 is 0.768. The van der Waals surface area contributed by atoms with E-state index in [1.54, 1.807) is 5.56 Å². The van der Waals surface area contributed by atoms with Gasteiger partial charge in [-0.15, -0.1) is 0 Å². The lowest BCUT2D eigenvalue weighted by molar-refractivity contribution is 0.103. The van der Waals surface area contributed by atoms with Crippen LogP contribution >= 0.6 is 22.6 Å². The summed E-state index contributed by atoms with van der Waals surface area (Å²) in [6, 6.07) is 11.2. The minimum absolute atomic E-state index is 0.00923. The molecule has 0 heterocycles. The van der Waals surface area contributed by atoms with E-state index in [1.807, 2.05) is 0 Å². The van der Waals surface area contributed by atoms with Gasteiger partial charge in [-0.3, -0.25) is 0 Å². The first kappa shape index (κ1) is 10.6. The number of halogens is 1. The second-order valence-corrected chi connectivity index (χ2v) is 8.88. The van der Waals surface area contributed by atoms with E-state index in [2.05, 4.69) is 52.9 Å². The molecule has 6 saturated carbocycles. The Kier molecular flexibility index (Phi) is 1.63. The molecule has 1 nitrogen and oxygen atoms in total. The number of aliphatic hydroxyl groups excluding tert-OH is 1. The Morgan fingerprint density at radius 3 is 2.58 bits per heavy atom. The quantitative estimate of drug-likeness (QED) is 0.600. The van der Waals surface area contributed by atoms with Crippen molar-refractivity contribution in [2.75, 3.05) is 0 Å². The van der Waals surface area contributed by atoms with Crippen molar-refractivity contribution in [2.45, 2.75) is 21.9 Å².